The van der Waals surface area contributed by atoms with Crippen LogP contribution in [0.15, 0.2) is 24.3 Å². The van der Waals surface area contributed by atoms with Gasteiger partial charge in [-0.1, -0.05) is 12.1 Å². The molecule has 1 fully saturated rings. The van der Waals surface area contributed by atoms with E-state index in [0.29, 0.717) is 6.04 Å². The summed E-state index contributed by atoms with van der Waals surface area (Å²) in [7, 11) is 4.13. The van der Waals surface area contributed by atoms with Crippen molar-refractivity contribution in [2.45, 2.75) is 12.5 Å². The molecule has 0 spiro atoms. The predicted molar refractivity (Wildman–Crippen MR) is 56.1 cm³/mol. The molecule has 1 aromatic carbocycles. The van der Waals surface area contributed by atoms with Crippen LogP contribution < -0.4 is 10.2 Å². The summed E-state index contributed by atoms with van der Waals surface area (Å²) in [6, 6.07) is 9.39. The van der Waals surface area contributed by atoms with E-state index in [9.17, 15) is 0 Å². The Kier molecular flexibility index (Phi) is 2.23. The van der Waals surface area contributed by atoms with Gasteiger partial charge in [-0.05, 0) is 30.7 Å². The Bertz CT molecular complexity index is 273. The van der Waals surface area contributed by atoms with Gasteiger partial charge in [0.25, 0.3) is 0 Å². The van der Waals surface area contributed by atoms with Crippen molar-refractivity contribution >= 4 is 5.69 Å². The van der Waals surface area contributed by atoms with E-state index in [0.717, 1.165) is 0 Å². The van der Waals surface area contributed by atoms with Crippen LogP contribution in [0.4, 0.5) is 5.69 Å². The zero-order chi connectivity index (χ0) is 9.26. The fourth-order valence-corrected chi connectivity index (χ4v) is 1.58. The first kappa shape index (κ1) is 8.57. The van der Waals surface area contributed by atoms with Crippen LogP contribution >= 0.6 is 0 Å². The van der Waals surface area contributed by atoms with Gasteiger partial charge >= 0.3 is 0 Å². The second-order valence-corrected chi connectivity index (χ2v) is 3.78. The minimum atomic E-state index is 0.608. The Labute approximate surface area is 79.6 Å². The first-order chi connectivity index (χ1) is 6.27. The van der Waals surface area contributed by atoms with Crippen molar-refractivity contribution in [1.29, 1.82) is 0 Å². The van der Waals surface area contributed by atoms with Gasteiger partial charge in [-0.25, -0.2) is 0 Å². The molecule has 1 aliphatic rings. The number of rotatable bonds is 2. The summed E-state index contributed by atoms with van der Waals surface area (Å²) in [6.07, 6.45) is 1.28. The standard InChI is InChI=1S/C11H16N2/c1-13(2)10-5-3-9(4-6-10)11-7-8-12-11/h3-6,11-12H,7-8H2,1-2H3/t11-/m0/s1. The quantitative estimate of drug-likeness (QED) is 0.739. The van der Waals surface area contributed by atoms with Gasteiger partial charge in [0.05, 0.1) is 0 Å². The van der Waals surface area contributed by atoms with Gasteiger partial charge in [0.15, 0.2) is 0 Å². The molecule has 13 heavy (non-hydrogen) atoms. The lowest BCUT2D eigenvalue weighted by molar-refractivity contribution is 0.383. The van der Waals surface area contributed by atoms with Gasteiger partial charge in [0, 0.05) is 25.8 Å². The maximum absolute atomic E-state index is 3.40. The van der Waals surface area contributed by atoms with Crippen molar-refractivity contribution in [3.8, 4) is 0 Å². The third-order valence-electron chi connectivity index (χ3n) is 2.64. The molecule has 0 saturated carbocycles. The third-order valence-corrected chi connectivity index (χ3v) is 2.64. The van der Waals surface area contributed by atoms with Gasteiger partial charge in [0.2, 0.25) is 0 Å². The van der Waals surface area contributed by atoms with E-state index in [4.69, 9.17) is 0 Å². The molecule has 1 N–H and O–H groups in total. The summed E-state index contributed by atoms with van der Waals surface area (Å²) in [5.74, 6) is 0. The summed E-state index contributed by atoms with van der Waals surface area (Å²) >= 11 is 0. The third kappa shape index (κ3) is 1.68. The molecule has 1 heterocycles. The molecule has 0 bridgehead atoms. The van der Waals surface area contributed by atoms with Crippen LogP contribution in [0.5, 0.6) is 0 Å². The first-order valence-corrected chi connectivity index (χ1v) is 4.78. The second-order valence-electron chi connectivity index (χ2n) is 3.78. The number of benzene rings is 1. The molecule has 1 aromatic rings. The number of nitrogens with zero attached hydrogens (tertiary/aromatic N) is 1. The van der Waals surface area contributed by atoms with Gasteiger partial charge in [-0.2, -0.15) is 0 Å². The van der Waals surface area contributed by atoms with E-state index < -0.39 is 0 Å². The Morgan fingerprint density at radius 2 is 1.85 bits per heavy atom. The molecule has 70 valence electrons. The summed E-state index contributed by atoms with van der Waals surface area (Å²) < 4.78 is 0. The largest absolute Gasteiger partial charge is 0.378 e. The maximum atomic E-state index is 3.40. The van der Waals surface area contributed by atoms with E-state index in [-0.39, 0.29) is 0 Å². The number of anilines is 1. The Morgan fingerprint density at radius 1 is 1.23 bits per heavy atom. The maximum Gasteiger partial charge on any atom is 0.0361 e. The van der Waals surface area contributed by atoms with Crippen molar-refractivity contribution in [1.82, 2.24) is 5.32 Å². The lowest BCUT2D eigenvalue weighted by atomic mass is 9.98. The molecule has 0 aromatic heterocycles. The highest BCUT2D eigenvalue weighted by atomic mass is 15.1. The number of hydrogen-bond donors (Lipinski definition) is 1. The fraction of sp³-hybridized carbons (Fsp3) is 0.455. The Morgan fingerprint density at radius 3 is 2.23 bits per heavy atom. The van der Waals surface area contributed by atoms with Crippen LogP contribution in [0.2, 0.25) is 0 Å². The van der Waals surface area contributed by atoms with Gasteiger partial charge in [-0.3, -0.25) is 0 Å². The van der Waals surface area contributed by atoms with E-state index in [1.165, 1.54) is 24.2 Å². The highest BCUT2D eigenvalue weighted by molar-refractivity contribution is 5.46. The molecule has 2 heteroatoms. The van der Waals surface area contributed by atoms with Crippen molar-refractivity contribution in [2.75, 3.05) is 25.5 Å². The SMILES string of the molecule is CN(C)c1ccc([C@@H]2CCN2)cc1. The van der Waals surface area contributed by atoms with Crippen LogP contribution in [0.3, 0.4) is 0 Å². The molecule has 2 nitrogen and oxygen atoms in total. The average molecular weight is 176 g/mol. The minimum Gasteiger partial charge on any atom is -0.378 e. The summed E-state index contributed by atoms with van der Waals surface area (Å²) in [6.45, 7) is 1.17. The van der Waals surface area contributed by atoms with Crippen molar-refractivity contribution in [3.63, 3.8) is 0 Å². The molecule has 1 atom stereocenters. The van der Waals surface area contributed by atoms with Crippen LogP contribution in [-0.2, 0) is 0 Å². The topological polar surface area (TPSA) is 15.3 Å². The second kappa shape index (κ2) is 3.38. The first-order valence-electron chi connectivity index (χ1n) is 4.78. The number of hydrogen-bond acceptors (Lipinski definition) is 2. The molecule has 0 aliphatic carbocycles. The lowest BCUT2D eigenvalue weighted by Crippen LogP contribution is -2.34. The summed E-state index contributed by atoms with van der Waals surface area (Å²) in [5, 5.41) is 3.40. The van der Waals surface area contributed by atoms with E-state index in [2.05, 4.69) is 48.6 Å². The van der Waals surface area contributed by atoms with Crippen LogP contribution in [0.1, 0.15) is 18.0 Å². The van der Waals surface area contributed by atoms with E-state index in [1.807, 2.05) is 0 Å². The minimum absolute atomic E-state index is 0.608. The van der Waals surface area contributed by atoms with Gasteiger partial charge in [-0.15, -0.1) is 0 Å². The molecular weight excluding hydrogens is 160 g/mol. The van der Waals surface area contributed by atoms with Crippen molar-refractivity contribution in [3.05, 3.63) is 29.8 Å². The molecule has 1 saturated heterocycles. The molecule has 0 radical (unpaired) electrons. The van der Waals surface area contributed by atoms with Gasteiger partial charge in [0.1, 0.15) is 0 Å². The lowest BCUT2D eigenvalue weighted by Gasteiger charge is -2.28. The normalized spacial score (nSPS) is 20.9. The van der Waals surface area contributed by atoms with E-state index in [1.54, 1.807) is 0 Å². The fourth-order valence-electron chi connectivity index (χ4n) is 1.58. The Balaban J connectivity index is 2.13. The molecule has 0 amide bonds. The van der Waals surface area contributed by atoms with Crippen LogP contribution in [0.25, 0.3) is 0 Å². The average Bonchev–Trinajstić information content (AvgIpc) is 2.02. The monoisotopic (exact) mass is 176 g/mol. The number of nitrogens with one attached hydrogen (secondary N) is 1. The smallest absolute Gasteiger partial charge is 0.0361 e. The molecule has 1 aliphatic heterocycles. The summed E-state index contributed by atoms with van der Waals surface area (Å²) in [4.78, 5) is 2.12. The highest BCUT2D eigenvalue weighted by Crippen LogP contribution is 2.24. The zero-order valence-electron chi connectivity index (χ0n) is 8.25. The van der Waals surface area contributed by atoms with Gasteiger partial charge < -0.3 is 10.2 Å². The van der Waals surface area contributed by atoms with E-state index >= 15 is 0 Å². The van der Waals surface area contributed by atoms with Crippen LogP contribution in [-0.4, -0.2) is 20.6 Å². The Hall–Kier alpha value is -1.02. The molecule has 0 unspecified atom stereocenters. The summed E-state index contributed by atoms with van der Waals surface area (Å²) in [5.41, 5.74) is 2.68. The van der Waals surface area contributed by atoms with Crippen LogP contribution in [0, 0.1) is 0 Å². The predicted octanol–water partition coefficient (Wildman–Crippen LogP) is 1.79. The van der Waals surface area contributed by atoms with Crippen molar-refractivity contribution < 1.29 is 0 Å². The molecular formula is C11H16N2. The zero-order valence-corrected chi connectivity index (χ0v) is 8.25. The van der Waals surface area contributed by atoms with Crippen molar-refractivity contribution in [2.24, 2.45) is 0 Å². The molecule has 2 rings (SSSR count). The highest BCUT2D eigenvalue weighted by Gasteiger charge is 2.17.